The maximum absolute atomic E-state index is 15.2. The lowest BCUT2D eigenvalue weighted by atomic mass is 9.37. The van der Waals surface area contributed by atoms with Gasteiger partial charge in [-0.25, -0.2) is 0 Å². The quantitative estimate of drug-likeness (QED) is 0.0348. The van der Waals surface area contributed by atoms with Crippen molar-refractivity contribution in [3.8, 4) is 0 Å². The smallest absolute Gasteiger partial charge is 0.312 e. The molecule has 2 aliphatic heterocycles. The minimum absolute atomic E-state index is 0.208. The molecule has 62 heavy (non-hydrogen) atoms. The van der Waals surface area contributed by atoms with Crippen molar-refractivity contribution in [3.63, 3.8) is 0 Å². The molecule has 0 aliphatic carbocycles. The first-order valence-corrected chi connectivity index (χ1v) is 25.4. The van der Waals surface area contributed by atoms with Crippen LogP contribution in [0.2, 0.25) is 0 Å². The first-order valence-electron chi connectivity index (χ1n) is 25.4. The van der Waals surface area contributed by atoms with E-state index in [2.05, 4.69) is 24.5 Å². The van der Waals surface area contributed by atoms with E-state index in [1.807, 2.05) is 55.4 Å². The van der Waals surface area contributed by atoms with E-state index in [1.54, 1.807) is 0 Å². The average Bonchev–Trinajstić information content (AvgIpc) is 3.12. The lowest BCUT2D eigenvalue weighted by Crippen LogP contribution is -2.74. The Morgan fingerprint density at radius 3 is 0.984 bits per heavy atom. The minimum Gasteiger partial charge on any atom is -0.481 e. The maximum Gasteiger partial charge on any atom is 0.312 e. The second-order valence-corrected chi connectivity index (χ2v) is 22.9. The summed E-state index contributed by atoms with van der Waals surface area (Å²) < 4.78 is 0. The lowest BCUT2D eigenvalue weighted by molar-refractivity contribution is -0.231. The predicted octanol–water partition coefficient (Wildman–Crippen LogP) is 13.2. The standard InChI is InChI=1S/C52H96N2O8/c1-11-13-15-17-19-21-23-25-27-29-31-33-50(43(57)58,39-42(55)56)51(44(59)60,34-32-30-28-26-24-22-20-18-16-14-12-2)52(45(61)62,40-35-46(3,4)53-47(5,6)36-40)41-37-48(7,8)54-49(9,10)38-41/h40-41,53-54H,11-39H2,1-10H3,(H,55,56)(H,57,58)(H,59,60)(H,61,62). The van der Waals surface area contributed by atoms with Crippen molar-refractivity contribution in [1.82, 2.24) is 10.6 Å². The van der Waals surface area contributed by atoms with Gasteiger partial charge in [-0.3, -0.25) is 19.2 Å². The molecule has 0 saturated carbocycles. The monoisotopic (exact) mass is 877 g/mol. The molecule has 10 nitrogen and oxygen atoms in total. The number of carbonyl (C=O) groups is 4. The van der Waals surface area contributed by atoms with Gasteiger partial charge in [0.2, 0.25) is 0 Å². The van der Waals surface area contributed by atoms with Gasteiger partial charge >= 0.3 is 23.9 Å². The molecule has 0 aromatic rings. The number of piperidine rings is 2. The average molecular weight is 877 g/mol. The zero-order valence-corrected chi connectivity index (χ0v) is 41.6. The van der Waals surface area contributed by atoms with E-state index in [9.17, 15) is 30.0 Å². The molecule has 0 spiro atoms. The second kappa shape index (κ2) is 24.9. The zero-order chi connectivity index (χ0) is 46.9. The molecule has 0 amide bonds. The predicted molar refractivity (Wildman–Crippen MR) is 253 cm³/mol. The van der Waals surface area contributed by atoms with Gasteiger partial charge in [0.25, 0.3) is 0 Å². The molecule has 0 bridgehead atoms. The fourth-order valence-electron chi connectivity index (χ4n) is 13.4. The van der Waals surface area contributed by atoms with Crippen LogP contribution in [0.3, 0.4) is 0 Å². The van der Waals surface area contributed by atoms with E-state index < -0.39 is 80.5 Å². The number of hydrogen-bond donors (Lipinski definition) is 6. The summed E-state index contributed by atoms with van der Waals surface area (Å²) in [6.07, 6.45) is 21.9. The molecular formula is C52H96N2O8. The molecular weight excluding hydrogens is 781 g/mol. The van der Waals surface area contributed by atoms with Crippen molar-refractivity contribution >= 4 is 23.9 Å². The molecule has 362 valence electrons. The Bertz CT molecular complexity index is 1320. The van der Waals surface area contributed by atoms with E-state index >= 15 is 9.59 Å². The van der Waals surface area contributed by atoms with E-state index in [0.29, 0.717) is 51.4 Å². The van der Waals surface area contributed by atoms with Crippen molar-refractivity contribution in [2.24, 2.45) is 28.1 Å². The fraction of sp³-hybridized carbons (Fsp3) is 0.923. The van der Waals surface area contributed by atoms with Crippen molar-refractivity contribution in [2.45, 2.75) is 278 Å². The van der Waals surface area contributed by atoms with Gasteiger partial charge in [0, 0.05) is 22.2 Å². The van der Waals surface area contributed by atoms with Crippen LogP contribution in [0.5, 0.6) is 0 Å². The van der Waals surface area contributed by atoms with Gasteiger partial charge in [-0.15, -0.1) is 0 Å². The van der Waals surface area contributed by atoms with Crippen LogP contribution >= 0.6 is 0 Å². The van der Waals surface area contributed by atoms with Crippen molar-refractivity contribution in [2.75, 3.05) is 0 Å². The number of aliphatic carboxylic acids is 4. The van der Waals surface area contributed by atoms with E-state index in [4.69, 9.17) is 0 Å². The Morgan fingerprint density at radius 2 is 0.726 bits per heavy atom. The van der Waals surface area contributed by atoms with Crippen LogP contribution in [0.1, 0.15) is 255 Å². The molecule has 2 unspecified atom stereocenters. The summed E-state index contributed by atoms with van der Waals surface area (Å²) in [5, 5.41) is 54.6. The minimum atomic E-state index is -2.45. The summed E-state index contributed by atoms with van der Waals surface area (Å²) in [6, 6.07) is 0. The molecule has 0 aromatic carbocycles. The van der Waals surface area contributed by atoms with Crippen LogP contribution in [0.25, 0.3) is 0 Å². The highest BCUT2D eigenvalue weighted by atomic mass is 16.4. The Kier molecular flexibility index (Phi) is 22.5. The highest BCUT2D eigenvalue weighted by molar-refractivity contribution is 5.95. The number of nitrogens with one attached hydrogen (secondary N) is 2. The van der Waals surface area contributed by atoms with E-state index in [0.717, 1.165) is 51.4 Å². The molecule has 2 saturated heterocycles. The normalized spacial score (nSPS) is 20.9. The summed E-state index contributed by atoms with van der Waals surface area (Å²) >= 11 is 0. The number of hydrogen-bond acceptors (Lipinski definition) is 6. The molecule has 2 atom stereocenters. The molecule has 6 N–H and O–H groups in total. The highest BCUT2D eigenvalue weighted by Gasteiger charge is 2.78. The van der Waals surface area contributed by atoms with Crippen LogP contribution in [0.4, 0.5) is 0 Å². The van der Waals surface area contributed by atoms with Crippen LogP contribution in [0.15, 0.2) is 0 Å². The highest BCUT2D eigenvalue weighted by Crippen LogP contribution is 2.69. The van der Waals surface area contributed by atoms with Crippen LogP contribution in [-0.4, -0.2) is 66.5 Å². The first kappa shape index (κ1) is 55.9. The number of carboxylic acid groups (broad SMARTS) is 4. The lowest BCUT2D eigenvalue weighted by Gasteiger charge is -2.64. The summed E-state index contributed by atoms with van der Waals surface area (Å²) in [4.78, 5) is 58.1. The molecule has 0 radical (unpaired) electrons. The van der Waals surface area contributed by atoms with Crippen molar-refractivity contribution in [1.29, 1.82) is 0 Å². The van der Waals surface area contributed by atoms with E-state index in [-0.39, 0.29) is 12.8 Å². The Balaban J connectivity index is 2.86. The molecule has 2 heterocycles. The third-order valence-electron chi connectivity index (χ3n) is 15.1. The molecule has 10 heteroatoms. The second-order valence-electron chi connectivity index (χ2n) is 22.9. The largest absolute Gasteiger partial charge is 0.481 e. The summed E-state index contributed by atoms with van der Waals surface area (Å²) in [5.74, 6) is -7.21. The van der Waals surface area contributed by atoms with Gasteiger partial charge in [-0.05, 0) is 106 Å². The first-order chi connectivity index (χ1) is 28.9. The van der Waals surface area contributed by atoms with Crippen LogP contribution < -0.4 is 10.6 Å². The summed E-state index contributed by atoms with van der Waals surface area (Å²) in [7, 11) is 0. The SMILES string of the molecule is CCCCCCCCCCCCCC(CC(=O)O)(C(=O)O)C(CCCCCCCCCCCCC)(C(=O)O)C(C(=O)O)(C1CC(C)(C)NC(C)(C)C1)C1CC(C)(C)NC(C)(C)C1. The van der Waals surface area contributed by atoms with Crippen LogP contribution in [0, 0.1) is 28.1 Å². The fourth-order valence-corrected chi connectivity index (χ4v) is 13.4. The van der Waals surface area contributed by atoms with Crippen molar-refractivity contribution in [3.05, 3.63) is 0 Å². The molecule has 2 fully saturated rings. The topological polar surface area (TPSA) is 173 Å². The number of unbranched alkanes of at least 4 members (excludes halogenated alkanes) is 20. The zero-order valence-electron chi connectivity index (χ0n) is 41.6. The van der Waals surface area contributed by atoms with Gasteiger partial charge in [0.1, 0.15) is 5.41 Å². The van der Waals surface area contributed by atoms with Gasteiger partial charge in [-0.2, -0.15) is 0 Å². The number of carboxylic acids is 4. The molecule has 2 aliphatic rings. The van der Waals surface area contributed by atoms with Crippen LogP contribution in [-0.2, 0) is 19.2 Å². The third kappa shape index (κ3) is 15.2. The Morgan fingerprint density at radius 1 is 0.435 bits per heavy atom. The van der Waals surface area contributed by atoms with Gasteiger partial charge in [0.05, 0.1) is 17.3 Å². The maximum atomic E-state index is 15.2. The Labute approximate surface area is 378 Å². The number of rotatable bonds is 33. The third-order valence-corrected chi connectivity index (χ3v) is 15.1. The van der Waals surface area contributed by atoms with Gasteiger partial charge < -0.3 is 31.1 Å². The van der Waals surface area contributed by atoms with Gasteiger partial charge in [0.15, 0.2) is 0 Å². The Hall–Kier alpha value is -2.20. The molecule has 0 aromatic heterocycles. The van der Waals surface area contributed by atoms with Crippen molar-refractivity contribution < 1.29 is 39.6 Å². The molecule has 2 rings (SSSR count). The van der Waals surface area contributed by atoms with Gasteiger partial charge in [-0.1, -0.05) is 155 Å². The van der Waals surface area contributed by atoms with E-state index in [1.165, 1.54) is 64.2 Å². The summed E-state index contributed by atoms with van der Waals surface area (Å²) in [6.45, 7) is 20.6. The summed E-state index contributed by atoms with van der Waals surface area (Å²) in [5.41, 5.74) is -9.41.